The quantitative estimate of drug-likeness (QED) is 0.175. The Bertz CT molecular complexity index is 1890. The highest BCUT2D eigenvalue weighted by Gasteiger charge is 2.24. The minimum absolute atomic E-state index is 0.0950. The Hall–Kier alpha value is -5.17. The molecule has 5 aromatic rings. The Kier molecular flexibility index (Phi) is 8.52. The average molecular weight is 631 g/mol. The fourth-order valence-corrected chi connectivity index (χ4v) is 5.59. The van der Waals surface area contributed by atoms with E-state index in [2.05, 4.69) is 31.8 Å². The fraction of sp³-hybridized carbons (Fsp3) is 0.219. The molecule has 1 amide bonds. The smallest absolute Gasteiger partial charge is 0.279 e. The molecular weight excluding hydrogens is 602 g/mol. The van der Waals surface area contributed by atoms with Gasteiger partial charge in [0.05, 0.1) is 29.7 Å². The highest BCUT2D eigenvalue weighted by molar-refractivity contribution is 7.11. The molecule has 1 saturated heterocycles. The number of fused-ring (bicyclic) bond motifs is 1. The molecule has 3 aromatic heterocycles. The molecule has 13 heteroatoms. The first-order valence-corrected chi connectivity index (χ1v) is 14.9. The zero-order chi connectivity index (χ0) is 31.5. The molecule has 0 atom stereocenters. The summed E-state index contributed by atoms with van der Waals surface area (Å²) in [6.07, 6.45) is 5.41. The molecule has 0 saturated carbocycles. The summed E-state index contributed by atoms with van der Waals surface area (Å²) in [5.41, 5.74) is 2.06. The van der Waals surface area contributed by atoms with E-state index in [1.165, 1.54) is 48.1 Å². The van der Waals surface area contributed by atoms with Crippen molar-refractivity contribution >= 4 is 39.7 Å². The van der Waals surface area contributed by atoms with E-state index >= 15 is 4.39 Å². The highest BCUT2D eigenvalue weighted by atomic mass is 32.1. The molecule has 0 aliphatic carbocycles. The highest BCUT2D eigenvalue weighted by Crippen LogP contribution is 2.37. The van der Waals surface area contributed by atoms with Crippen molar-refractivity contribution in [2.45, 2.75) is 25.9 Å². The molecule has 0 bridgehead atoms. The number of benzene rings is 2. The van der Waals surface area contributed by atoms with Gasteiger partial charge in [-0.2, -0.15) is 0 Å². The standard InChI is InChI=1S/C32H28F2N6O4S/c1-4-30(41)40-9-7-20(8-10-40)43-29-13-22-26(14-28(29)42-3)36-17-37-31(22)38-25-6-5-21(12-24(25)34)44-32-39-27(16-45-32)19-11-23(33)18(2)35-15-19/h4-6,11-17,20H,1,7-10H2,2-3H3,(H,36,37,38). The van der Waals surface area contributed by atoms with Crippen molar-refractivity contribution in [3.63, 3.8) is 0 Å². The molecule has 1 fully saturated rings. The maximum atomic E-state index is 15.3. The molecular formula is C32H28F2N6O4S. The lowest BCUT2D eigenvalue weighted by Gasteiger charge is -2.31. The number of halogens is 2. The van der Waals surface area contributed by atoms with Crippen LogP contribution in [0.2, 0.25) is 0 Å². The lowest BCUT2D eigenvalue weighted by atomic mass is 10.1. The summed E-state index contributed by atoms with van der Waals surface area (Å²) in [5.74, 6) is 0.502. The van der Waals surface area contributed by atoms with E-state index in [0.717, 1.165) is 0 Å². The van der Waals surface area contributed by atoms with Crippen LogP contribution < -0.4 is 19.5 Å². The van der Waals surface area contributed by atoms with E-state index < -0.39 is 11.6 Å². The fourth-order valence-electron chi connectivity index (χ4n) is 4.89. The number of amides is 1. The van der Waals surface area contributed by atoms with Gasteiger partial charge in [-0.15, -0.1) is 0 Å². The zero-order valence-electron chi connectivity index (χ0n) is 24.4. The van der Waals surface area contributed by atoms with Gasteiger partial charge in [-0.1, -0.05) is 17.9 Å². The summed E-state index contributed by atoms with van der Waals surface area (Å²) in [7, 11) is 1.55. The summed E-state index contributed by atoms with van der Waals surface area (Å²) < 4.78 is 46.9. The number of rotatable bonds is 9. The Morgan fingerprint density at radius 2 is 1.91 bits per heavy atom. The van der Waals surface area contributed by atoms with Gasteiger partial charge in [-0.3, -0.25) is 9.78 Å². The number of nitrogens with one attached hydrogen (secondary N) is 1. The van der Waals surface area contributed by atoms with Crippen molar-refractivity contribution in [2.24, 2.45) is 0 Å². The maximum absolute atomic E-state index is 15.3. The monoisotopic (exact) mass is 630 g/mol. The Morgan fingerprint density at radius 1 is 1.09 bits per heavy atom. The number of hydrogen-bond acceptors (Lipinski definition) is 10. The number of thiazole rings is 1. The van der Waals surface area contributed by atoms with Crippen LogP contribution in [0, 0.1) is 18.6 Å². The second-order valence-corrected chi connectivity index (χ2v) is 11.1. The molecule has 1 aliphatic heterocycles. The Morgan fingerprint density at radius 3 is 2.64 bits per heavy atom. The maximum Gasteiger partial charge on any atom is 0.279 e. The molecule has 10 nitrogen and oxygen atoms in total. The van der Waals surface area contributed by atoms with Gasteiger partial charge >= 0.3 is 0 Å². The summed E-state index contributed by atoms with van der Waals surface area (Å²) in [4.78, 5) is 30.8. The van der Waals surface area contributed by atoms with Gasteiger partial charge in [0.15, 0.2) is 11.5 Å². The van der Waals surface area contributed by atoms with Gasteiger partial charge in [0.2, 0.25) is 5.91 Å². The number of pyridine rings is 1. The number of methoxy groups -OCH3 is 1. The number of carbonyl (C=O) groups excluding carboxylic acids is 1. The van der Waals surface area contributed by atoms with E-state index in [0.29, 0.717) is 71.1 Å². The molecule has 45 heavy (non-hydrogen) atoms. The topological polar surface area (TPSA) is 112 Å². The number of likely N-dealkylation sites (tertiary alicyclic amines) is 1. The molecule has 230 valence electrons. The van der Waals surface area contributed by atoms with Crippen LogP contribution in [0.3, 0.4) is 0 Å². The van der Waals surface area contributed by atoms with Gasteiger partial charge in [-0.05, 0) is 37.3 Å². The summed E-state index contributed by atoms with van der Waals surface area (Å²) in [6, 6.07) is 9.24. The molecule has 2 aromatic carbocycles. The minimum Gasteiger partial charge on any atom is -0.493 e. The van der Waals surface area contributed by atoms with Gasteiger partial charge < -0.3 is 24.4 Å². The number of carbonyl (C=O) groups is 1. The first-order chi connectivity index (χ1) is 21.8. The van der Waals surface area contributed by atoms with Crippen LogP contribution in [0.25, 0.3) is 22.2 Å². The first-order valence-electron chi connectivity index (χ1n) is 14.0. The Balaban J connectivity index is 1.18. The number of hydrogen-bond donors (Lipinski definition) is 1. The van der Waals surface area contributed by atoms with E-state index in [-0.39, 0.29) is 28.6 Å². The van der Waals surface area contributed by atoms with Crippen LogP contribution in [-0.2, 0) is 4.79 Å². The molecule has 0 unspecified atom stereocenters. The van der Waals surface area contributed by atoms with Crippen LogP contribution in [0.15, 0.2) is 67.0 Å². The van der Waals surface area contributed by atoms with Crippen molar-refractivity contribution in [3.8, 4) is 33.7 Å². The van der Waals surface area contributed by atoms with Gasteiger partial charge in [0.25, 0.3) is 5.19 Å². The van der Waals surface area contributed by atoms with Crippen molar-refractivity contribution in [2.75, 3.05) is 25.5 Å². The van der Waals surface area contributed by atoms with E-state index in [4.69, 9.17) is 14.2 Å². The predicted octanol–water partition coefficient (Wildman–Crippen LogP) is 6.84. The molecule has 0 radical (unpaired) electrons. The second kappa shape index (κ2) is 12.8. The van der Waals surface area contributed by atoms with Gasteiger partial charge in [-0.25, -0.2) is 23.7 Å². The number of nitrogens with zero attached hydrogens (tertiary/aromatic N) is 5. The molecule has 6 rings (SSSR count). The first kappa shape index (κ1) is 29.9. The lowest BCUT2D eigenvalue weighted by Crippen LogP contribution is -2.41. The number of piperidine rings is 1. The van der Waals surface area contributed by atoms with Crippen molar-refractivity contribution in [3.05, 3.63) is 84.3 Å². The van der Waals surface area contributed by atoms with Crippen LogP contribution in [0.1, 0.15) is 18.5 Å². The van der Waals surface area contributed by atoms with E-state index in [1.54, 1.807) is 42.5 Å². The summed E-state index contributed by atoms with van der Waals surface area (Å²) in [5, 5.41) is 5.64. The van der Waals surface area contributed by atoms with Crippen molar-refractivity contribution < 1.29 is 27.8 Å². The van der Waals surface area contributed by atoms with E-state index in [1.807, 2.05) is 0 Å². The van der Waals surface area contributed by atoms with Gasteiger partial charge in [0, 0.05) is 60.6 Å². The third kappa shape index (κ3) is 6.53. The van der Waals surface area contributed by atoms with Crippen LogP contribution >= 0.6 is 11.3 Å². The van der Waals surface area contributed by atoms with Crippen LogP contribution in [0.5, 0.6) is 22.4 Å². The summed E-state index contributed by atoms with van der Waals surface area (Å²) >= 11 is 1.20. The molecule has 1 N–H and O–H groups in total. The number of anilines is 2. The number of aryl methyl sites for hydroxylation is 1. The van der Waals surface area contributed by atoms with Crippen LogP contribution in [-0.4, -0.2) is 57.0 Å². The molecule has 0 spiro atoms. The number of ether oxygens (including phenoxy) is 3. The Labute approximate surface area is 261 Å². The van der Waals surface area contributed by atoms with Crippen molar-refractivity contribution in [1.82, 2.24) is 24.8 Å². The van der Waals surface area contributed by atoms with Crippen LogP contribution in [0.4, 0.5) is 20.3 Å². The second-order valence-electron chi connectivity index (χ2n) is 10.2. The zero-order valence-corrected chi connectivity index (χ0v) is 25.2. The third-order valence-corrected chi connectivity index (χ3v) is 8.06. The SMILES string of the molecule is C=CC(=O)N1CCC(Oc2cc3c(Nc4ccc(Oc5nc(-c6cnc(C)c(F)c6)cs5)cc4F)ncnc3cc2OC)CC1. The van der Waals surface area contributed by atoms with Gasteiger partial charge in [0.1, 0.15) is 35.6 Å². The number of aromatic nitrogens is 4. The molecule has 4 heterocycles. The summed E-state index contributed by atoms with van der Waals surface area (Å²) in [6.45, 7) is 6.26. The lowest BCUT2D eigenvalue weighted by molar-refractivity contribution is -0.127. The average Bonchev–Trinajstić information content (AvgIpc) is 3.52. The van der Waals surface area contributed by atoms with E-state index in [9.17, 15) is 9.18 Å². The largest absolute Gasteiger partial charge is 0.493 e. The third-order valence-electron chi connectivity index (χ3n) is 7.35. The van der Waals surface area contributed by atoms with Crippen molar-refractivity contribution in [1.29, 1.82) is 0 Å². The molecule has 1 aliphatic rings. The predicted molar refractivity (Wildman–Crippen MR) is 166 cm³/mol. The minimum atomic E-state index is -0.577. The normalized spacial score (nSPS) is 13.5.